The smallest absolute Gasteiger partial charge is 0.234 e. The zero-order valence-electron chi connectivity index (χ0n) is 21.8. The molecule has 0 atom stereocenters. The fraction of sp³-hybridized carbons (Fsp3) is 0.0645. The highest BCUT2D eigenvalue weighted by atomic mass is 79.9. The number of anilines is 1. The lowest BCUT2D eigenvalue weighted by atomic mass is 10.2. The molecule has 4 aromatic carbocycles. The minimum atomic E-state index is -0.106. The summed E-state index contributed by atoms with van der Waals surface area (Å²) in [6.07, 6.45) is 1.84. The standard InChI is InChI=1S/C31H21BrN4O2S4/c32-21-8-6-20(7-9-21)26(37)17-39-30-35-25-13-11-23(15-28(25)42-30)34-29(38)18-40-31-36-24-12-10-22(14-27(24)41-31)33-16-19-4-2-1-3-5-19/h1-16H,17-18H2,(H,34,38). The van der Waals surface area contributed by atoms with E-state index in [4.69, 9.17) is 0 Å². The Morgan fingerprint density at radius 1 is 0.810 bits per heavy atom. The number of fused-ring (bicyclic) bond motifs is 2. The number of carbonyl (C=O) groups excluding carboxylic acids is 2. The van der Waals surface area contributed by atoms with Crippen molar-refractivity contribution in [3.63, 3.8) is 0 Å². The SMILES string of the molecule is O=C(CSc1nc2ccc(N=Cc3ccccc3)cc2s1)Nc1ccc2nc(SCC(=O)c3ccc(Br)cc3)sc2c1. The Morgan fingerprint density at radius 2 is 1.48 bits per heavy atom. The zero-order chi connectivity index (χ0) is 28.9. The molecule has 0 spiro atoms. The summed E-state index contributed by atoms with van der Waals surface area (Å²) in [5.74, 6) is 0.517. The lowest BCUT2D eigenvalue weighted by Crippen LogP contribution is -2.13. The van der Waals surface area contributed by atoms with Gasteiger partial charge in [-0.1, -0.05) is 81.9 Å². The molecule has 1 amide bonds. The summed E-state index contributed by atoms with van der Waals surface area (Å²) in [7, 11) is 0. The first-order valence-corrected chi connectivity index (χ1v) is 17.1. The highest BCUT2D eigenvalue weighted by Crippen LogP contribution is 2.33. The first kappa shape index (κ1) is 28.8. The molecule has 0 aliphatic rings. The second-order valence-corrected chi connectivity index (χ2v) is 14.4. The third-order valence-corrected chi connectivity index (χ3v) is 10.8. The first-order chi connectivity index (χ1) is 20.5. The van der Waals surface area contributed by atoms with Crippen LogP contribution in [0.5, 0.6) is 0 Å². The number of aliphatic imine (C=N–C) groups is 1. The lowest BCUT2D eigenvalue weighted by Gasteiger charge is -2.03. The molecule has 0 fully saturated rings. The Morgan fingerprint density at radius 3 is 2.21 bits per heavy atom. The molecule has 2 heterocycles. The number of carbonyl (C=O) groups is 2. The molecule has 208 valence electrons. The number of rotatable bonds is 10. The molecule has 0 saturated carbocycles. The number of benzene rings is 4. The van der Waals surface area contributed by atoms with Crippen molar-refractivity contribution < 1.29 is 9.59 Å². The third-order valence-electron chi connectivity index (χ3n) is 5.99. The zero-order valence-corrected chi connectivity index (χ0v) is 26.7. The van der Waals surface area contributed by atoms with Gasteiger partial charge in [-0.15, -0.1) is 22.7 Å². The Kier molecular flexibility index (Phi) is 9.11. The van der Waals surface area contributed by atoms with E-state index >= 15 is 0 Å². The van der Waals surface area contributed by atoms with Gasteiger partial charge in [0.2, 0.25) is 5.91 Å². The van der Waals surface area contributed by atoms with E-state index < -0.39 is 0 Å². The molecule has 0 saturated heterocycles. The number of thioether (sulfide) groups is 2. The van der Waals surface area contributed by atoms with Gasteiger partial charge in [-0.05, 0) is 54.1 Å². The first-order valence-electron chi connectivity index (χ1n) is 12.7. The molecule has 1 N–H and O–H groups in total. The van der Waals surface area contributed by atoms with Gasteiger partial charge in [0.1, 0.15) is 0 Å². The maximum Gasteiger partial charge on any atom is 0.234 e. The van der Waals surface area contributed by atoms with Crippen molar-refractivity contribution in [2.45, 2.75) is 8.68 Å². The van der Waals surface area contributed by atoms with Crippen molar-refractivity contribution in [1.29, 1.82) is 0 Å². The second kappa shape index (κ2) is 13.3. The summed E-state index contributed by atoms with van der Waals surface area (Å²) in [6, 6.07) is 28.9. The molecule has 6 rings (SSSR count). The molecule has 2 aromatic heterocycles. The number of thiazole rings is 2. The van der Waals surface area contributed by atoms with Crippen molar-refractivity contribution >= 4 is 112 Å². The van der Waals surface area contributed by atoms with Crippen LogP contribution in [0.15, 0.2) is 109 Å². The second-order valence-electron chi connectivity index (χ2n) is 9.02. The highest BCUT2D eigenvalue weighted by Gasteiger charge is 2.12. The van der Waals surface area contributed by atoms with Gasteiger partial charge in [0.05, 0.1) is 37.6 Å². The number of Topliss-reactive ketones (excluding diaryl/α,β-unsaturated/α-hetero) is 1. The molecular weight excluding hydrogens is 669 g/mol. The van der Waals surface area contributed by atoms with E-state index in [1.54, 1.807) is 11.3 Å². The van der Waals surface area contributed by atoms with E-state index in [1.165, 1.54) is 34.9 Å². The topological polar surface area (TPSA) is 84.3 Å². The van der Waals surface area contributed by atoms with Crippen LogP contribution in [0, 0.1) is 0 Å². The van der Waals surface area contributed by atoms with E-state index in [9.17, 15) is 9.59 Å². The van der Waals surface area contributed by atoms with E-state index in [-0.39, 0.29) is 17.4 Å². The maximum atomic E-state index is 12.7. The van der Waals surface area contributed by atoms with E-state index in [0.29, 0.717) is 17.0 Å². The predicted octanol–water partition coefficient (Wildman–Crippen LogP) is 9.12. The number of hydrogen-bond donors (Lipinski definition) is 1. The molecule has 6 nitrogen and oxygen atoms in total. The Labute approximate surface area is 266 Å². The van der Waals surface area contributed by atoms with Crippen molar-refractivity contribution in [2.75, 3.05) is 16.8 Å². The number of nitrogens with one attached hydrogen (secondary N) is 1. The van der Waals surface area contributed by atoms with Crippen LogP contribution in [-0.4, -0.2) is 39.4 Å². The van der Waals surface area contributed by atoms with Gasteiger partial charge in [-0.3, -0.25) is 14.6 Å². The van der Waals surface area contributed by atoms with Gasteiger partial charge in [0, 0.05) is 21.9 Å². The minimum absolute atomic E-state index is 0.0577. The molecule has 0 unspecified atom stereocenters. The minimum Gasteiger partial charge on any atom is -0.325 e. The summed E-state index contributed by atoms with van der Waals surface area (Å²) in [5.41, 5.74) is 5.03. The molecule has 0 aliphatic carbocycles. The van der Waals surface area contributed by atoms with Crippen LogP contribution >= 0.6 is 62.1 Å². The van der Waals surface area contributed by atoms with Crippen LogP contribution in [0.1, 0.15) is 15.9 Å². The average molecular weight is 690 g/mol. The Balaban J connectivity index is 1.03. The fourth-order valence-electron chi connectivity index (χ4n) is 3.94. The van der Waals surface area contributed by atoms with Gasteiger partial charge in [-0.2, -0.15) is 0 Å². The molecule has 0 bridgehead atoms. The lowest BCUT2D eigenvalue weighted by molar-refractivity contribution is -0.113. The monoisotopic (exact) mass is 688 g/mol. The Hall–Kier alpha value is -3.35. The summed E-state index contributed by atoms with van der Waals surface area (Å²) >= 11 is 9.30. The number of amides is 1. The Bertz CT molecular complexity index is 1920. The van der Waals surface area contributed by atoms with Crippen LogP contribution in [0.3, 0.4) is 0 Å². The molecule has 0 radical (unpaired) electrons. The van der Waals surface area contributed by atoms with Gasteiger partial charge < -0.3 is 5.32 Å². The van der Waals surface area contributed by atoms with Gasteiger partial charge >= 0.3 is 0 Å². The van der Waals surface area contributed by atoms with Crippen molar-refractivity contribution in [1.82, 2.24) is 9.97 Å². The molecule has 0 aliphatic heterocycles. The normalized spacial score (nSPS) is 11.5. The van der Waals surface area contributed by atoms with Crippen LogP contribution in [0.4, 0.5) is 11.4 Å². The van der Waals surface area contributed by atoms with Crippen LogP contribution in [0.2, 0.25) is 0 Å². The number of halogens is 1. The highest BCUT2D eigenvalue weighted by molar-refractivity contribution is 9.10. The molecule has 6 aromatic rings. The van der Waals surface area contributed by atoms with Crippen LogP contribution in [-0.2, 0) is 4.79 Å². The number of ketones is 1. The van der Waals surface area contributed by atoms with E-state index in [1.807, 2.05) is 97.2 Å². The number of aromatic nitrogens is 2. The molecular formula is C31H21BrN4O2S4. The largest absolute Gasteiger partial charge is 0.325 e. The molecule has 42 heavy (non-hydrogen) atoms. The van der Waals surface area contributed by atoms with E-state index in [0.717, 1.165) is 44.8 Å². The van der Waals surface area contributed by atoms with Gasteiger partial charge in [-0.25, -0.2) is 9.97 Å². The third kappa shape index (κ3) is 7.34. The summed E-state index contributed by atoms with van der Waals surface area (Å²) in [4.78, 5) is 39.1. The predicted molar refractivity (Wildman–Crippen MR) is 181 cm³/mol. The van der Waals surface area contributed by atoms with Gasteiger partial charge in [0.25, 0.3) is 0 Å². The summed E-state index contributed by atoms with van der Waals surface area (Å²) < 4.78 is 4.58. The average Bonchev–Trinajstić information content (AvgIpc) is 3.61. The van der Waals surface area contributed by atoms with Crippen LogP contribution in [0.25, 0.3) is 20.4 Å². The van der Waals surface area contributed by atoms with Crippen molar-refractivity contribution in [2.24, 2.45) is 4.99 Å². The van der Waals surface area contributed by atoms with E-state index in [2.05, 4.69) is 36.2 Å². The quantitative estimate of drug-likeness (QED) is 0.0878. The van der Waals surface area contributed by atoms with Crippen molar-refractivity contribution in [3.8, 4) is 0 Å². The number of hydrogen-bond acceptors (Lipinski definition) is 9. The van der Waals surface area contributed by atoms with Gasteiger partial charge in [0.15, 0.2) is 14.5 Å². The number of nitrogens with zero attached hydrogens (tertiary/aromatic N) is 3. The van der Waals surface area contributed by atoms with Crippen LogP contribution < -0.4 is 5.32 Å². The molecule has 11 heteroatoms. The summed E-state index contributed by atoms with van der Waals surface area (Å²) in [6.45, 7) is 0. The fourth-order valence-corrected chi connectivity index (χ4v) is 8.10. The maximum absolute atomic E-state index is 12.7. The van der Waals surface area contributed by atoms with Crippen molar-refractivity contribution in [3.05, 3.63) is 107 Å². The summed E-state index contributed by atoms with van der Waals surface area (Å²) in [5, 5.41) is 2.98.